The molecule has 0 radical (unpaired) electrons. The topological polar surface area (TPSA) is 36.1 Å². The number of hydrogen-bond donors (Lipinski definition) is 3. The molecule has 0 saturated carbocycles. The van der Waals surface area contributed by atoms with Gasteiger partial charge in [0.2, 0.25) is 0 Å². The summed E-state index contributed by atoms with van der Waals surface area (Å²) in [4.78, 5) is 0. The van der Waals surface area contributed by atoms with Gasteiger partial charge in [-0.2, -0.15) is 0 Å². The molecular weight excluding hydrogens is 438 g/mol. The Bertz CT molecular complexity index is 861. The van der Waals surface area contributed by atoms with E-state index in [-0.39, 0.29) is 33.2 Å². The van der Waals surface area contributed by atoms with E-state index in [1.807, 2.05) is 0 Å². The van der Waals surface area contributed by atoms with Crippen molar-refractivity contribution >= 4 is 0 Å². The highest BCUT2D eigenvalue weighted by molar-refractivity contribution is 5.45. The van der Waals surface area contributed by atoms with Crippen molar-refractivity contribution < 1.29 is 0 Å². The molecule has 0 amide bonds. The third-order valence-electron chi connectivity index (χ3n) is 9.03. The van der Waals surface area contributed by atoms with Crippen molar-refractivity contribution in [1.82, 2.24) is 16.0 Å². The summed E-state index contributed by atoms with van der Waals surface area (Å²) in [5.74, 6) is 1.77. The van der Waals surface area contributed by atoms with Crippen LogP contribution in [0.15, 0.2) is 18.2 Å². The molecule has 0 aliphatic carbocycles. The third kappa shape index (κ3) is 6.38. The standard InChI is InChI=1S/C33H57N3/c1-28(2)16-22(17-29(3,4)34-28)25-14-13-15-26(23-18-30(5,6)35-31(7,8)19-23)27(25)24-20-32(9,10)36-33(11,12)21-24/h13-15,22-24,34-36H,16-21H2,1-12H3. The average Bonchev–Trinajstić information content (AvgIpc) is 2.59. The van der Waals surface area contributed by atoms with Crippen molar-refractivity contribution in [3.63, 3.8) is 0 Å². The summed E-state index contributed by atoms with van der Waals surface area (Å²) in [5.41, 5.74) is 5.88. The van der Waals surface area contributed by atoms with Gasteiger partial charge in [-0.05, 0) is 156 Å². The third-order valence-corrected chi connectivity index (χ3v) is 9.03. The van der Waals surface area contributed by atoms with Crippen LogP contribution in [0.5, 0.6) is 0 Å². The van der Waals surface area contributed by atoms with Gasteiger partial charge in [0.25, 0.3) is 0 Å². The maximum Gasteiger partial charge on any atom is 0.0135 e. The van der Waals surface area contributed by atoms with Gasteiger partial charge in [-0.1, -0.05) is 18.2 Å². The summed E-state index contributed by atoms with van der Waals surface area (Å²) in [5, 5.41) is 11.8. The maximum absolute atomic E-state index is 3.96. The lowest BCUT2D eigenvalue weighted by molar-refractivity contribution is 0.148. The molecule has 3 aliphatic heterocycles. The van der Waals surface area contributed by atoms with Crippen LogP contribution in [-0.2, 0) is 0 Å². The van der Waals surface area contributed by atoms with Gasteiger partial charge in [0.1, 0.15) is 0 Å². The number of rotatable bonds is 3. The van der Waals surface area contributed by atoms with Crippen LogP contribution in [0, 0.1) is 0 Å². The lowest BCUT2D eigenvalue weighted by Crippen LogP contribution is -2.58. The van der Waals surface area contributed by atoms with Crippen molar-refractivity contribution in [3.8, 4) is 0 Å². The van der Waals surface area contributed by atoms with Crippen LogP contribution in [0.1, 0.15) is 156 Å². The number of nitrogens with one attached hydrogen (secondary N) is 3. The molecule has 0 aromatic heterocycles. The van der Waals surface area contributed by atoms with Gasteiger partial charge in [0, 0.05) is 33.2 Å². The van der Waals surface area contributed by atoms with E-state index >= 15 is 0 Å². The fraction of sp³-hybridized carbons (Fsp3) is 0.818. The Morgan fingerprint density at radius 2 is 0.694 bits per heavy atom. The first kappa shape index (κ1) is 28.1. The van der Waals surface area contributed by atoms with Gasteiger partial charge >= 0.3 is 0 Å². The highest BCUT2D eigenvalue weighted by Gasteiger charge is 2.45. The normalized spacial score (nSPS) is 29.7. The van der Waals surface area contributed by atoms with E-state index in [1.165, 1.54) is 38.5 Å². The van der Waals surface area contributed by atoms with E-state index in [9.17, 15) is 0 Å². The van der Waals surface area contributed by atoms with Gasteiger partial charge in [-0.15, -0.1) is 0 Å². The van der Waals surface area contributed by atoms with Gasteiger partial charge in [-0.3, -0.25) is 0 Å². The lowest BCUT2D eigenvalue weighted by Gasteiger charge is -2.51. The number of piperidine rings is 3. The summed E-state index contributed by atoms with van der Waals surface area (Å²) in [6.45, 7) is 28.9. The Morgan fingerprint density at radius 1 is 0.444 bits per heavy atom. The van der Waals surface area contributed by atoms with Gasteiger partial charge < -0.3 is 16.0 Å². The molecular formula is C33H57N3. The zero-order chi connectivity index (χ0) is 26.9. The number of benzene rings is 1. The summed E-state index contributed by atoms with van der Waals surface area (Å²) >= 11 is 0. The predicted molar refractivity (Wildman–Crippen MR) is 156 cm³/mol. The van der Waals surface area contributed by atoms with Crippen LogP contribution < -0.4 is 16.0 Å². The van der Waals surface area contributed by atoms with Crippen LogP contribution in [0.4, 0.5) is 0 Å². The Balaban J connectivity index is 1.87. The highest BCUT2D eigenvalue weighted by Crippen LogP contribution is 2.50. The first-order chi connectivity index (χ1) is 16.2. The van der Waals surface area contributed by atoms with Crippen LogP contribution in [0.25, 0.3) is 0 Å². The Morgan fingerprint density at radius 3 is 0.972 bits per heavy atom. The minimum Gasteiger partial charge on any atom is -0.307 e. The van der Waals surface area contributed by atoms with E-state index < -0.39 is 0 Å². The van der Waals surface area contributed by atoms with Crippen molar-refractivity contribution in [3.05, 3.63) is 34.9 Å². The van der Waals surface area contributed by atoms with E-state index in [4.69, 9.17) is 0 Å². The fourth-order valence-corrected chi connectivity index (χ4v) is 9.40. The first-order valence-corrected chi connectivity index (χ1v) is 14.7. The molecule has 0 atom stereocenters. The van der Waals surface area contributed by atoms with Gasteiger partial charge in [-0.25, -0.2) is 0 Å². The van der Waals surface area contributed by atoms with Crippen LogP contribution in [0.2, 0.25) is 0 Å². The molecule has 204 valence electrons. The second-order valence-electron chi connectivity index (χ2n) is 16.8. The molecule has 0 unspecified atom stereocenters. The zero-order valence-corrected chi connectivity index (χ0v) is 25.7. The monoisotopic (exact) mass is 495 g/mol. The van der Waals surface area contributed by atoms with E-state index in [0.717, 1.165) is 0 Å². The summed E-state index contributed by atoms with van der Waals surface area (Å²) < 4.78 is 0. The van der Waals surface area contributed by atoms with Crippen molar-refractivity contribution in [2.24, 2.45) is 0 Å². The van der Waals surface area contributed by atoms with Crippen molar-refractivity contribution in [2.75, 3.05) is 0 Å². The minimum atomic E-state index is 0.135. The maximum atomic E-state index is 3.96. The lowest BCUT2D eigenvalue weighted by atomic mass is 9.64. The molecule has 3 saturated heterocycles. The Hall–Kier alpha value is -0.900. The summed E-state index contributed by atoms with van der Waals surface area (Å²) in [7, 11) is 0. The van der Waals surface area contributed by atoms with E-state index in [2.05, 4.69) is 117 Å². The summed E-state index contributed by atoms with van der Waals surface area (Å²) in [6.07, 6.45) is 7.22. The SMILES string of the molecule is CC1(C)CC(c2cccc(C3CC(C)(C)NC(C)(C)C3)c2C2CC(C)(C)NC(C)(C)C2)CC(C)(C)N1. The Labute approximate surface area is 223 Å². The molecule has 0 spiro atoms. The van der Waals surface area contributed by atoms with Crippen LogP contribution in [-0.4, -0.2) is 33.2 Å². The molecule has 36 heavy (non-hydrogen) atoms. The van der Waals surface area contributed by atoms with Gasteiger partial charge in [0.05, 0.1) is 0 Å². The fourth-order valence-electron chi connectivity index (χ4n) is 9.40. The second-order valence-corrected chi connectivity index (χ2v) is 16.8. The molecule has 3 aliphatic rings. The van der Waals surface area contributed by atoms with Crippen LogP contribution in [0.3, 0.4) is 0 Å². The Kier molecular flexibility index (Phi) is 6.89. The number of hydrogen-bond acceptors (Lipinski definition) is 3. The molecule has 0 bridgehead atoms. The van der Waals surface area contributed by atoms with Crippen molar-refractivity contribution in [1.29, 1.82) is 0 Å². The predicted octanol–water partition coefficient (Wildman–Crippen LogP) is 7.76. The first-order valence-electron chi connectivity index (χ1n) is 14.7. The molecule has 1 aromatic rings. The van der Waals surface area contributed by atoms with E-state index in [0.29, 0.717) is 17.8 Å². The quantitative estimate of drug-likeness (QED) is 0.401. The minimum absolute atomic E-state index is 0.135. The summed E-state index contributed by atoms with van der Waals surface area (Å²) in [6, 6.07) is 7.43. The largest absolute Gasteiger partial charge is 0.307 e. The molecule has 1 aromatic carbocycles. The average molecular weight is 496 g/mol. The molecule has 4 rings (SSSR count). The van der Waals surface area contributed by atoms with Crippen LogP contribution >= 0.6 is 0 Å². The highest BCUT2D eigenvalue weighted by atomic mass is 15.1. The molecule has 3 heterocycles. The second kappa shape index (κ2) is 8.82. The molecule has 3 nitrogen and oxygen atoms in total. The van der Waals surface area contributed by atoms with Crippen molar-refractivity contribution in [2.45, 2.75) is 173 Å². The smallest absolute Gasteiger partial charge is 0.0135 e. The molecule has 3 N–H and O–H groups in total. The molecule has 3 heteroatoms. The van der Waals surface area contributed by atoms with E-state index in [1.54, 1.807) is 16.7 Å². The van der Waals surface area contributed by atoms with Gasteiger partial charge in [0.15, 0.2) is 0 Å². The molecule has 3 fully saturated rings. The zero-order valence-electron chi connectivity index (χ0n) is 25.7.